The monoisotopic (exact) mass is 221 g/mol. The summed E-state index contributed by atoms with van der Waals surface area (Å²) in [6.45, 7) is 6.07. The highest BCUT2D eigenvalue weighted by Gasteiger charge is 2.18. The van der Waals surface area contributed by atoms with Crippen LogP contribution in [0.25, 0.3) is 0 Å². The summed E-state index contributed by atoms with van der Waals surface area (Å²) in [5, 5.41) is 0. The van der Waals surface area contributed by atoms with Crippen molar-refractivity contribution in [3.63, 3.8) is 0 Å². The molecule has 0 aromatic carbocycles. The normalized spacial score (nSPS) is 10.9. The Hall–Kier alpha value is -0.0800. The lowest BCUT2D eigenvalue weighted by Gasteiger charge is -2.28. The molecule has 0 saturated carbocycles. The van der Waals surface area contributed by atoms with Gasteiger partial charge in [-0.25, -0.2) is 0 Å². The van der Waals surface area contributed by atoms with Crippen LogP contribution in [-0.2, 0) is 4.79 Å². The molecule has 14 heavy (non-hydrogen) atoms. The summed E-state index contributed by atoms with van der Waals surface area (Å²) < 4.78 is 0.854. The zero-order chi connectivity index (χ0) is 10.3. The molecule has 0 fully saturated rings. The molecule has 0 aliphatic carbocycles. The van der Waals surface area contributed by atoms with Crippen molar-refractivity contribution in [1.82, 2.24) is 0 Å². The zero-order valence-electron chi connectivity index (χ0n) is 9.98. The molecule has 0 aromatic rings. The molecule has 0 heterocycles. The van der Waals surface area contributed by atoms with Crippen LogP contribution in [0.4, 0.5) is 0 Å². The van der Waals surface area contributed by atoms with Crippen LogP contribution in [-0.4, -0.2) is 37.5 Å². The number of Topliss-reactive ketones (excluding diaryl/α,β-unsaturated/α-hetero) is 1. The molecule has 0 aromatic heterocycles. The first-order valence-electron chi connectivity index (χ1n) is 5.35. The van der Waals surface area contributed by atoms with Gasteiger partial charge >= 0.3 is 0 Å². The number of quaternary nitrogens is 1. The van der Waals surface area contributed by atoms with Gasteiger partial charge in [-0.1, -0.05) is 20.3 Å². The van der Waals surface area contributed by atoms with Crippen LogP contribution >= 0.6 is 0 Å². The quantitative estimate of drug-likeness (QED) is 0.517. The summed E-state index contributed by atoms with van der Waals surface area (Å²) in [6, 6.07) is 0. The molecule has 0 N–H and O–H groups in total. The fourth-order valence-corrected chi connectivity index (χ4v) is 1.50. The third kappa shape index (κ3) is 8.52. The number of likely N-dealkylation sites (N-methyl/N-ethyl adjacent to an activating group) is 1. The fourth-order valence-electron chi connectivity index (χ4n) is 1.50. The second-order valence-corrected chi connectivity index (χ2v) is 4.46. The number of halogens is 1. The van der Waals surface area contributed by atoms with Crippen LogP contribution in [0.1, 0.15) is 39.5 Å². The van der Waals surface area contributed by atoms with Crippen molar-refractivity contribution in [2.75, 3.05) is 27.2 Å². The van der Waals surface area contributed by atoms with Crippen molar-refractivity contribution in [2.24, 2.45) is 0 Å². The smallest absolute Gasteiger partial charge is 0.186 e. The lowest BCUT2D eigenvalue weighted by atomic mass is 10.2. The molecule has 0 saturated heterocycles. The van der Waals surface area contributed by atoms with Crippen molar-refractivity contribution in [1.29, 1.82) is 0 Å². The topological polar surface area (TPSA) is 17.1 Å². The average molecular weight is 222 g/mol. The Morgan fingerprint density at radius 1 is 1.14 bits per heavy atom. The predicted molar refractivity (Wildman–Crippen MR) is 56.7 cm³/mol. The van der Waals surface area contributed by atoms with Gasteiger partial charge in [-0.2, -0.15) is 0 Å². The second kappa shape index (κ2) is 8.25. The predicted octanol–water partition coefficient (Wildman–Crippen LogP) is -0.764. The number of nitrogens with zero attached hydrogens (tertiary/aromatic N) is 1. The van der Waals surface area contributed by atoms with E-state index in [4.69, 9.17) is 0 Å². The number of carbonyl (C=O) groups excluding carboxylic acids is 1. The number of hydrogen-bond acceptors (Lipinski definition) is 1. The van der Waals surface area contributed by atoms with E-state index in [1.807, 2.05) is 0 Å². The molecule has 86 valence electrons. The van der Waals surface area contributed by atoms with Crippen molar-refractivity contribution in [2.45, 2.75) is 39.5 Å². The standard InChI is InChI=1S/C11H24NO.ClH/c1-5-7-9-12(3,4)10-11(13)8-6-2;/h5-10H2,1-4H3;1H/q+1;/p-1. The van der Waals surface area contributed by atoms with Crippen LogP contribution in [0.15, 0.2) is 0 Å². The molecule has 0 amide bonds. The van der Waals surface area contributed by atoms with Crippen LogP contribution < -0.4 is 12.4 Å². The molecule has 0 bridgehead atoms. The van der Waals surface area contributed by atoms with Gasteiger partial charge in [-0.05, 0) is 12.8 Å². The Morgan fingerprint density at radius 3 is 2.14 bits per heavy atom. The van der Waals surface area contributed by atoms with E-state index in [0.717, 1.165) is 23.9 Å². The minimum atomic E-state index is 0. The summed E-state index contributed by atoms with van der Waals surface area (Å²) >= 11 is 0. The summed E-state index contributed by atoms with van der Waals surface area (Å²) in [5.41, 5.74) is 0. The van der Waals surface area contributed by atoms with E-state index >= 15 is 0 Å². The van der Waals surface area contributed by atoms with Gasteiger partial charge < -0.3 is 16.9 Å². The van der Waals surface area contributed by atoms with Crippen molar-refractivity contribution in [3.8, 4) is 0 Å². The zero-order valence-corrected chi connectivity index (χ0v) is 10.7. The molecule has 2 nitrogen and oxygen atoms in total. The van der Waals surface area contributed by atoms with Gasteiger partial charge in [0.2, 0.25) is 0 Å². The number of carbonyl (C=O) groups is 1. The van der Waals surface area contributed by atoms with Gasteiger partial charge in [0.15, 0.2) is 5.78 Å². The first-order chi connectivity index (χ1) is 6.02. The van der Waals surface area contributed by atoms with Gasteiger partial charge in [0.05, 0.1) is 20.6 Å². The lowest BCUT2D eigenvalue weighted by molar-refractivity contribution is -0.882. The molecule has 0 unspecified atom stereocenters. The first kappa shape index (κ1) is 16.4. The minimum absolute atomic E-state index is 0. The lowest BCUT2D eigenvalue weighted by Crippen LogP contribution is -3.00. The maximum atomic E-state index is 11.4. The van der Waals surface area contributed by atoms with E-state index in [1.165, 1.54) is 12.8 Å². The Bertz CT molecular complexity index is 157. The fraction of sp³-hybridized carbons (Fsp3) is 0.909. The SMILES string of the molecule is CCCC[N+](C)(C)CC(=O)CCC.[Cl-]. The Morgan fingerprint density at radius 2 is 1.71 bits per heavy atom. The van der Waals surface area contributed by atoms with Gasteiger partial charge in [0, 0.05) is 6.42 Å². The summed E-state index contributed by atoms with van der Waals surface area (Å²) in [6.07, 6.45) is 4.15. The molecule has 0 rings (SSSR count). The Kier molecular flexibility index (Phi) is 9.63. The molecule has 0 aliphatic rings. The van der Waals surface area contributed by atoms with E-state index in [2.05, 4.69) is 27.9 Å². The maximum absolute atomic E-state index is 11.4. The number of hydrogen-bond donors (Lipinski definition) is 0. The highest BCUT2D eigenvalue weighted by atomic mass is 35.5. The van der Waals surface area contributed by atoms with Crippen molar-refractivity contribution >= 4 is 5.78 Å². The van der Waals surface area contributed by atoms with Crippen LogP contribution in [0, 0.1) is 0 Å². The van der Waals surface area contributed by atoms with E-state index in [-0.39, 0.29) is 12.4 Å². The summed E-state index contributed by atoms with van der Waals surface area (Å²) in [5.74, 6) is 0.406. The largest absolute Gasteiger partial charge is 1.00 e. The van der Waals surface area contributed by atoms with Crippen LogP contribution in [0.5, 0.6) is 0 Å². The number of rotatable bonds is 7. The van der Waals surface area contributed by atoms with Gasteiger partial charge in [0.25, 0.3) is 0 Å². The molecule has 3 heteroatoms. The van der Waals surface area contributed by atoms with Gasteiger partial charge in [-0.15, -0.1) is 0 Å². The highest BCUT2D eigenvalue weighted by molar-refractivity contribution is 5.79. The minimum Gasteiger partial charge on any atom is -1.00 e. The summed E-state index contributed by atoms with van der Waals surface area (Å²) in [7, 11) is 4.28. The van der Waals surface area contributed by atoms with E-state index in [0.29, 0.717) is 12.3 Å². The van der Waals surface area contributed by atoms with Gasteiger partial charge in [-0.3, -0.25) is 4.79 Å². The molecule has 0 spiro atoms. The third-order valence-electron chi connectivity index (χ3n) is 2.25. The van der Waals surface area contributed by atoms with E-state index in [9.17, 15) is 4.79 Å². The number of unbranched alkanes of at least 4 members (excludes halogenated alkanes) is 1. The van der Waals surface area contributed by atoms with E-state index in [1.54, 1.807) is 0 Å². The molecular formula is C11H24ClNO. The molecule has 0 radical (unpaired) electrons. The average Bonchev–Trinajstić information content (AvgIpc) is 2.00. The van der Waals surface area contributed by atoms with E-state index < -0.39 is 0 Å². The second-order valence-electron chi connectivity index (χ2n) is 4.46. The Balaban J connectivity index is 0. The van der Waals surface area contributed by atoms with Crippen molar-refractivity contribution < 1.29 is 21.7 Å². The molecule has 0 aliphatic heterocycles. The Labute approximate surface area is 94.7 Å². The van der Waals surface area contributed by atoms with Gasteiger partial charge in [0.1, 0.15) is 6.54 Å². The molecular weight excluding hydrogens is 198 g/mol. The van der Waals surface area contributed by atoms with Crippen LogP contribution in [0.2, 0.25) is 0 Å². The maximum Gasteiger partial charge on any atom is 0.186 e. The summed E-state index contributed by atoms with van der Waals surface area (Å²) in [4.78, 5) is 11.4. The van der Waals surface area contributed by atoms with Crippen molar-refractivity contribution in [3.05, 3.63) is 0 Å². The highest BCUT2D eigenvalue weighted by Crippen LogP contribution is 2.03. The molecule has 0 atom stereocenters. The number of ketones is 1. The first-order valence-corrected chi connectivity index (χ1v) is 5.35. The third-order valence-corrected chi connectivity index (χ3v) is 2.25. The van der Waals surface area contributed by atoms with Crippen LogP contribution in [0.3, 0.4) is 0 Å².